The molecule has 0 heterocycles. The molecule has 1 amide bonds. The second-order valence-corrected chi connectivity index (χ2v) is 3.78. The smallest absolute Gasteiger partial charge is 0.404 e. The monoisotopic (exact) mass is 206 g/mol. The lowest BCUT2D eigenvalue weighted by molar-refractivity contribution is 0.178. The van der Waals surface area contributed by atoms with Gasteiger partial charge in [0.1, 0.15) is 0 Å². The van der Waals surface area contributed by atoms with E-state index in [0.717, 1.165) is 0 Å². The quantitative estimate of drug-likeness (QED) is 0.733. The van der Waals surface area contributed by atoms with Crippen LogP contribution in [0.25, 0.3) is 0 Å². The van der Waals surface area contributed by atoms with Crippen LogP contribution in [0.5, 0.6) is 0 Å². The highest BCUT2D eigenvalue weighted by molar-refractivity contribution is 5.64. The number of carbonyl (C=O) groups is 1. The van der Waals surface area contributed by atoms with Gasteiger partial charge in [0.2, 0.25) is 0 Å². The highest BCUT2D eigenvalue weighted by Gasteiger charge is 2.22. The minimum atomic E-state index is -2.65. The van der Waals surface area contributed by atoms with Crippen LogP contribution in [0.15, 0.2) is 0 Å². The fourth-order valence-electron chi connectivity index (χ4n) is 1.92. The van der Waals surface area contributed by atoms with Crippen molar-refractivity contribution in [3.8, 4) is 0 Å². The van der Waals surface area contributed by atoms with Crippen molar-refractivity contribution < 1.29 is 18.1 Å². The third-order valence-corrected chi connectivity index (χ3v) is 2.62. The van der Waals surface area contributed by atoms with Gasteiger partial charge in [-0.15, -0.1) is 0 Å². The first-order chi connectivity index (χ1) is 9.00. The summed E-state index contributed by atoms with van der Waals surface area (Å²) in [6, 6.07) is -0.127. The Morgan fingerprint density at radius 2 is 2.14 bits per heavy atom. The number of amides is 1. The highest BCUT2D eigenvalue weighted by atomic mass is 16.4. The van der Waals surface area contributed by atoms with E-state index >= 15 is 0 Å². The molecule has 0 saturated heterocycles. The lowest BCUT2D eigenvalue weighted by Crippen LogP contribution is -2.38. The highest BCUT2D eigenvalue weighted by Crippen LogP contribution is 2.24. The van der Waals surface area contributed by atoms with E-state index in [2.05, 4.69) is 5.32 Å². The molecule has 0 aromatic rings. The van der Waals surface area contributed by atoms with Crippen LogP contribution in [-0.4, -0.2) is 42.6 Å². The molecule has 1 aliphatic rings. The summed E-state index contributed by atoms with van der Waals surface area (Å²) in [4.78, 5) is 11.1. The molecule has 1 saturated carbocycles. The average molecular weight is 206 g/mol. The zero-order valence-corrected chi connectivity index (χ0v) is 7.99. The van der Waals surface area contributed by atoms with Gasteiger partial charge in [-0.2, -0.15) is 0 Å². The van der Waals surface area contributed by atoms with Gasteiger partial charge < -0.3 is 15.3 Å². The molecule has 82 valence electrons. The third-order valence-electron chi connectivity index (χ3n) is 2.62. The molecule has 1 aliphatic carbocycles. The summed E-state index contributed by atoms with van der Waals surface area (Å²) >= 11 is 0. The Bertz CT molecular complexity index is 322. The van der Waals surface area contributed by atoms with Gasteiger partial charge in [0.15, 0.2) is 0 Å². The summed E-state index contributed by atoms with van der Waals surface area (Å²) < 4.78 is 43.8. The van der Waals surface area contributed by atoms with Crippen molar-refractivity contribution in [2.75, 3.05) is 20.5 Å². The summed E-state index contributed by atoms with van der Waals surface area (Å²) in [7, 11) is 0. The second kappa shape index (κ2) is 5.20. The SMILES string of the molecule is [2H]C([2H])([2H])N(C[C@H]1CC[C@H](NC(=O)O)CC1)C([2H])([2H])[2H]. The largest absolute Gasteiger partial charge is 0.465 e. The van der Waals surface area contributed by atoms with Crippen molar-refractivity contribution in [3.63, 3.8) is 0 Å². The molecule has 14 heavy (non-hydrogen) atoms. The average Bonchev–Trinajstić information content (AvgIpc) is 2.24. The molecular formula is C10H20N2O2. The number of nitrogens with one attached hydrogen (secondary N) is 1. The maximum atomic E-state index is 10.5. The summed E-state index contributed by atoms with van der Waals surface area (Å²) in [5, 5.41) is 11.0. The maximum Gasteiger partial charge on any atom is 0.404 e. The maximum absolute atomic E-state index is 10.5. The fourth-order valence-corrected chi connectivity index (χ4v) is 1.92. The predicted molar refractivity (Wildman–Crippen MR) is 55.5 cm³/mol. The second-order valence-electron chi connectivity index (χ2n) is 3.78. The van der Waals surface area contributed by atoms with Crippen molar-refractivity contribution in [1.82, 2.24) is 10.2 Å². The van der Waals surface area contributed by atoms with Crippen LogP contribution < -0.4 is 5.32 Å². The number of rotatable bonds is 3. The Hall–Kier alpha value is -0.770. The molecule has 4 heteroatoms. The zero-order chi connectivity index (χ0) is 15.6. The number of hydrogen-bond acceptors (Lipinski definition) is 2. The van der Waals surface area contributed by atoms with E-state index in [4.69, 9.17) is 13.3 Å². The Morgan fingerprint density at radius 1 is 1.50 bits per heavy atom. The summed E-state index contributed by atoms with van der Waals surface area (Å²) in [5.74, 6) is -0.0392. The van der Waals surface area contributed by atoms with Crippen molar-refractivity contribution in [2.24, 2.45) is 5.92 Å². The predicted octanol–water partition coefficient (Wildman–Crippen LogP) is 1.37. The van der Waals surface area contributed by atoms with Gasteiger partial charge >= 0.3 is 6.09 Å². The molecule has 0 aliphatic heterocycles. The van der Waals surface area contributed by atoms with E-state index in [0.29, 0.717) is 30.6 Å². The molecule has 0 unspecified atom stereocenters. The lowest BCUT2D eigenvalue weighted by Gasteiger charge is -2.29. The summed E-state index contributed by atoms with van der Waals surface area (Å²) in [5.41, 5.74) is 0. The van der Waals surface area contributed by atoms with E-state index in [1.807, 2.05) is 0 Å². The fraction of sp³-hybridized carbons (Fsp3) is 0.900. The first kappa shape index (κ1) is 5.35. The van der Waals surface area contributed by atoms with Crippen LogP contribution in [0.3, 0.4) is 0 Å². The first-order valence-corrected chi connectivity index (χ1v) is 4.77. The molecule has 0 atom stereocenters. The number of carboxylic acid groups (broad SMARTS) is 1. The van der Waals surface area contributed by atoms with Crippen LogP contribution >= 0.6 is 0 Å². The minimum Gasteiger partial charge on any atom is -0.465 e. The molecule has 0 aromatic heterocycles. The Kier molecular flexibility index (Phi) is 1.99. The number of nitrogens with zero attached hydrogens (tertiary/aromatic N) is 1. The van der Waals surface area contributed by atoms with Crippen LogP contribution in [0, 0.1) is 5.92 Å². The molecule has 0 bridgehead atoms. The van der Waals surface area contributed by atoms with Crippen LogP contribution in [0.2, 0.25) is 0 Å². The molecular weight excluding hydrogens is 180 g/mol. The van der Waals surface area contributed by atoms with Gasteiger partial charge in [-0.3, -0.25) is 0 Å². The molecule has 0 aromatic carbocycles. The third kappa shape index (κ3) is 3.96. The van der Waals surface area contributed by atoms with Crippen LogP contribution in [0.1, 0.15) is 33.9 Å². The van der Waals surface area contributed by atoms with Gasteiger partial charge in [0.05, 0.1) is 0 Å². The first-order valence-electron chi connectivity index (χ1n) is 7.77. The van der Waals surface area contributed by atoms with E-state index in [1.165, 1.54) is 0 Å². The summed E-state index contributed by atoms with van der Waals surface area (Å²) in [6.07, 6.45) is 1.38. The van der Waals surface area contributed by atoms with E-state index in [1.54, 1.807) is 0 Å². The molecule has 0 radical (unpaired) electrons. The molecule has 1 rings (SSSR count). The van der Waals surface area contributed by atoms with Crippen LogP contribution in [-0.2, 0) is 0 Å². The van der Waals surface area contributed by atoms with Gasteiger partial charge in [-0.1, -0.05) is 0 Å². The van der Waals surface area contributed by atoms with E-state index < -0.39 is 20.0 Å². The number of hydrogen-bond donors (Lipinski definition) is 2. The normalized spacial score (nSPS) is 35.8. The lowest BCUT2D eigenvalue weighted by atomic mass is 9.86. The zero-order valence-electron chi connectivity index (χ0n) is 14.0. The van der Waals surface area contributed by atoms with Crippen molar-refractivity contribution in [3.05, 3.63) is 0 Å². The van der Waals surface area contributed by atoms with Gasteiger partial charge in [-0.25, -0.2) is 4.79 Å². The molecule has 2 N–H and O–H groups in total. The van der Waals surface area contributed by atoms with E-state index in [-0.39, 0.29) is 18.5 Å². The van der Waals surface area contributed by atoms with Crippen molar-refractivity contribution >= 4 is 6.09 Å². The summed E-state index contributed by atoms with van der Waals surface area (Å²) in [6.45, 7) is -5.32. The topological polar surface area (TPSA) is 52.6 Å². The van der Waals surface area contributed by atoms with Gasteiger partial charge in [0, 0.05) is 20.8 Å². The molecule has 1 fully saturated rings. The van der Waals surface area contributed by atoms with Crippen molar-refractivity contribution in [1.29, 1.82) is 0 Å². The van der Waals surface area contributed by atoms with Crippen LogP contribution in [0.4, 0.5) is 4.79 Å². The van der Waals surface area contributed by atoms with Gasteiger partial charge in [-0.05, 0) is 45.6 Å². The Morgan fingerprint density at radius 3 is 2.64 bits per heavy atom. The van der Waals surface area contributed by atoms with Crippen molar-refractivity contribution in [2.45, 2.75) is 31.7 Å². The standard InChI is InChI=1S/C10H20N2O2/c1-12(2)7-8-3-5-9(6-4-8)11-10(13)14/h8-9,11H,3-7H2,1-2H3,(H,13,14)/t8-,9-/i1D3,2D3. The minimum absolute atomic E-state index is 0.0210. The van der Waals surface area contributed by atoms with E-state index in [9.17, 15) is 4.79 Å². The Balaban J connectivity index is 2.55. The van der Waals surface area contributed by atoms with Gasteiger partial charge in [0.25, 0.3) is 0 Å². The Labute approximate surface area is 93.7 Å². The molecule has 4 nitrogen and oxygen atoms in total. The molecule has 0 spiro atoms.